The van der Waals surface area contributed by atoms with Gasteiger partial charge in [-0.1, -0.05) is 13.8 Å². The van der Waals surface area contributed by atoms with Crippen molar-refractivity contribution in [2.24, 2.45) is 5.92 Å². The van der Waals surface area contributed by atoms with E-state index < -0.39 is 5.97 Å². The number of methoxy groups -OCH3 is 1. The smallest absolute Gasteiger partial charge is 0.340 e. The van der Waals surface area contributed by atoms with Gasteiger partial charge in [0.1, 0.15) is 0 Å². The lowest BCUT2D eigenvalue weighted by Crippen LogP contribution is -2.12. The summed E-state index contributed by atoms with van der Waals surface area (Å²) >= 11 is 0. The zero-order valence-corrected chi connectivity index (χ0v) is 12.4. The number of carbonyl (C=O) groups excluding carboxylic acids is 1. The quantitative estimate of drug-likeness (QED) is 0.435. The van der Waals surface area contributed by atoms with Gasteiger partial charge in [-0.15, -0.1) is 0 Å². The molecule has 0 aliphatic carbocycles. The van der Waals surface area contributed by atoms with Gasteiger partial charge >= 0.3 is 5.97 Å². The molecule has 0 saturated heterocycles. The Balaban J connectivity index is 2.39. The van der Waals surface area contributed by atoms with Crippen LogP contribution in [0.25, 0.3) is 0 Å². The number of rotatable bonds is 8. The van der Waals surface area contributed by atoms with E-state index >= 15 is 0 Å². The van der Waals surface area contributed by atoms with E-state index in [-0.39, 0.29) is 0 Å². The van der Waals surface area contributed by atoms with Crippen LogP contribution in [0.15, 0.2) is 18.2 Å². The summed E-state index contributed by atoms with van der Waals surface area (Å²) in [5.41, 5.74) is 7.35. The lowest BCUT2D eigenvalue weighted by atomic mass is 10.1. The number of ether oxygens (including phenoxy) is 2. The first kappa shape index (κ1) is 16.3. The van der Waals surface area contributed by atoms with E-state index in [0.29, 0.717) is 30.3 Å². The Morgan fingerprint density at radius 2 is 2.10 bits per heavy atom. The maximum absolute atomic E-state index is 11.5. The van der Waals surface area contributed by atoms with Gasteiger partial charge in [0.25, 0.3) is 0 Å². The normalized spacial score (nSPS) is 10.6. The summed E-state index contributed by atoms with van der Waals surface area (Å²) in [6.45, 7) is 6.43. The van der Waals surface area contributed by atoms with Crippen molar-refractivity contribution in [1.29, 1.82) is 0 Å². The zero-order valence-electron chi connectivity index (χ0n) is 12.4. The van der Waals surface area contributed by atoms with E-state index in [1.807, 2.05) is 6.07 Å². The minimum absolute atomic E-state index is 0.373. The second-order valence-corrected chi connectivity index (χ2v) is 5.02. The lowest BCUT2D eigenvalue weighted by Gasteiger charge is -2.10. The van der Waals surface area contributed by atoms with Crippen LogP contribution in [0, 0.1) is 5.92 Å². The SMILES string of the molecule is COC(=O)c1cc(NCCOCCC(C)C)ccc1N. The molecule has 0 fully saturated rings. The molecule has 0 aliphatic heterocycles. The van der Waals surface area contributed by atoms with Crippen LogP contribution in [0.3, 0.4) is 0 Å². The Labute approximate surface area is 120 Å². The van der Waals surface area contributed by atoms with Crippen LogP contribution in [0.1, 0.15) is 30.6 Å². The first-order valence-electron chi connectivity index (χ1n) is 6.84. The molecule has 0 unspecified atom stereocenters. The van der Waals surface area contributed by atoms with Crippen molar-refractivity contribution in [3.05, 3.63) is 23.8 Å². The molecular weight excluding hydrogens is 256 g/mol. The molecule has 0 bridgehead atoms. The van der Waals surface area contributed by atoms with Gasteiger partial charge in [-0.2, -0.15) is 0 Å². The van der Waals surface area contributed by atoms with Crippen molar-refractivity contribution in [3.8, 4) is 0 Å². The molecule has 0 radical (unpaired) electrons. The van der Waals surface area contributed by atoms with Gasteiger partial charge in [0.15, 0.2) is 0 Å². The van der Waals surface area contributed by atoms with E-state index in [0.717, 1.165) is 18.7 Å². The van der Waals surface area contributed by atoms with E-state index in [1.165, 1.54) is 7.11 Å². The third-order valence-electron chi connectivity index (χ3n) is 2.87. The van der Waals surface area contributed by atoms with Gasteiger partial charge in [-0.05, 0) is 30.5 Å². The van der Waals surface area contributed by atoms with E-state index in [4.69, 9.17) is 10.5 Å². The number of hydrogen-bond donors (Lipinski definition) is 2. The highest BCUT2D eigenvalue weighted by molar-refractivity contribution is 5.96. The van der Waals surface area contributed by atoms with E-state index in [9.17, 15) is 4.79 Å². The molecule has 1 aromatic carbocycles. The highest BCUT2D eigenvalue weighted by Gasteiger charge is 2.10. The van der Waals surface area contributed by atoms with Gasteiger partial charge in [-0.3, -0.25) is 0 Å². The van der Waals surface area contributed by atoms with Gasteiger partial charge in [-0.25, -0.2) is 4.79 Å². The molecule has 0 saturated carbocycles. The van der Waals surface area contributed by atoms with Gasteiger partial charge in [0.2, 0.25) is 0 Å². The van der Waals surface area contributed by atoms with Crippen LogP contribution in [-0.2, 0) is 9.47 Å². The number of carbonyl (C=O) groups is 1. The molecule has 5 nitrogen and oxygen atoms in total. The maximum Gasteiger partial charge on any atom is 0.340 e. The second kappa shape index (κ2) is 8.43. The number of anilines is 2. The van der Waals surface area contributed by atoms with Gasteiger partial charge in [0, 0.05) is 24.5 Å². The van der Waals surface area contributed by atoms with Crippen LogP contribution in [0.4, 0.5) is 11.4 Å². The molecule has 0 amide bonds. The Hall–Kier alpha value is -1.75. The molecule has 112 valence electrons. The van der Waals surface area contributed by atoms with Crippen molar-refractivity contribution in [1.82, 2.24) is 0 Å². The molecule has 0 spiro atoms. The number of esters is 1. The number of benzene rings is 1. The Morgan fingerprint density at radius 1 is 1.35 bits per heavy atom. The summed E-state index contributed by atoms with van der Waals surface area (Å²) in [7, 11) is 1.34. The molecule has 5 heteroatoms. The average Bonchev–Trinajstić information content (AvgIpc) is 2.43. The summed E-state index contributed by atoms with van der Waals surface area (Å²) in [5, 5.41) is 3.19. The topological polar surface area (TPSA) is 73.6 Å². The molecule has 3 N–H and O–H groups in total. The molecular formula is C15H24N2O3. The zero-order chi connectivity index (χ0) is 15.0. The molecule has 0 heterocycles. The number of nitrogen functional groups attached to an aromatic ring is 1. The van der Waals surface area contributed by atoms with Crippen molar-refractivity contribution >= 4 is 17.3 Å². The number of nitrogens with one attached hydrogen (secondary N) is 1. The molecule has 1 rings (SSSR count). The number of nitrogens with two attached hydrogens (primary N) is 1. The average molecular weight is 280 g/mol. The fourth-order valence-corrected chi connectivity index (χ4v) is 1.64. The van der Waals surface area contributed by atoms with Crippen LogP contribution in [0.2, 0.25) is 0 Å². The number of hydrogen-bond acceptors (Lipinski definition) is 5. The maximum atomic E-state index is 11.5. The summed E-state index contributed by atoms with van der Waals surface area (Å²) in [6, 6.07) is 5.21. The highest BCUT2D eigenvalue weighted by atomic mass is 16.5. The molecule has 0 aromatic heterocycles. The Kier molecular flexibility index (Phi) is 6.87. The summed E-state index contributed by atoms with van der Waals surface area (Å²) in [5.74, 6) is 0.224. The van der Waals surface area contributed by atoms with Crippen molar-refractivity contribution in [2.45, 2.75) is 20.3 Å². The third-order valence-corrected chi connectivity index (χ3v) is 2.87. The van der Waals surface area contributed by atoms with E-state index in [2.05, 4.69) is 23.9 Å². The molecule has 1 aromatic rings. The Bertz CT molecular complexity index is 433. The molecule has 0 aliphatic rings. The predicted octanol–water partition coefficient (Wildman–Crippen LogP) is 2.53. The summed E-state index contributed by atoms with van der Waals surface area (Å²) in [4.78, 5) is 11.5. The predicted molar refractivity (Wildman–Crippen MR) is 81.0 cm³/mol. The van der Waals surface area contributed by atoms with Crippen molar-refractivity contribution in [3.63, 3.8) is 0 Å². The van der Waals surface area contributed by atoms with Crippen LogP contribution >= 0.6 is 0 Å². The minimum atomic E-state index is -0.431. The van der Waals surface area contributed by atoms with Crippen molar-refractivity contribution in [2.75, 3.05) is 37.9 Å². The fraction of sp³-hybridized carbons (Fsp3) is 0.533. The largest absolute Gasteiger partial charge is 0.465 e. The van der Waals surface area contributed by atoms with Crippen LogP contribution in [0.5, 0.6) is 0 Å². The summed E-state index contributed by atoms with van der Waals surface area (Å²) in [6.07, 6.45) is 1.06. The monoisotopic (exact) mass is 280 g/mol. The molecule has 20 heavy (non-hydrogen) atoms. The van der Waals surface area contributed by atoms with Crippen LogP contribution < -0.4 is 11.1 Å². The minimum Gasteiger partial charge on any atom is -0.465 e. The first-order valence-corrected chi connectivity index (χ1v) is 6.84. The van der Waals surface area contributed by atoms with Gasteiger partial charge < -0.3 is 20.5 Å². The first-order chi connectivity index (χ1) is 9.54. The lowest BCUT2D eigenvalue weighted by molar-refractivity contribution is 0.0602. The van der Waals surface area contributed by atoms with E-state index in [1.54, 1.807) is 12.1 Å². The molecule has 0 atom stereocenters. The van der Waals surface area contributed by atoms with Crippen molar-refractivity contribution < 1.29 is 14.3 Å². The third kappa shape index (κ3) is 5.48. The fourth-order valence-electron chi connectivity index (χ4n) is 1.64. The van der Waals surface area contributed by atoms with Crippen LogP contribution in [-0.4, -0.2) is 32.8 Å². The Morgan fingerprint density at radius 3 is 2.75 bits per heavy atom. The standard InChI is InChI=1S/C15H24N2O3/c1-11(2)6-8-20-9-7-17-12-4-5-14(16)13(10-12)15(18)19-3/h4-5,10-11,17H,6-9,16H2,1-3H3. The summed E-state index contributed by atoms with van der Waals surface area (Å²) < 4.78 is 10.2. The highest BCUT2D eigenvalue weighted by Crippen LogP contribution is 2.18. The van der Waals surface area contributed by atoms with Gasteiger partial charge in [0.05, 0.1) is 19.3 Å². The second-order valence-electron chi connectivity index (χ2n) is 5.02.